The third-order valence-electron chi connectivity index (χ3n) is 6.33. The molecule has 0 bridgehead atoms. The molecule has 2 unspecified atom stereocenters. The van der Waals surface area contributed by atoms with Gasteiger partial charge < -0.3 is 25.1 Å². The van der Waals surface area contributed by atoms with E-state index in [1.54, 1.807) is 24.5 Å². The fourth-order valence-corrected chi connectivity index (χ4v) is 4.49. The monoisotopic (exact) mass is 486 g/mol. The molecule has 1 aliphatic rings. The van der Waals surface area contributed by atoms with Crippen LogP contribution in [0.3, 0.4) is 0 Å². The molecule has 8 heteroatoms. The van der Waals surface area contributed by atoms with Gasteiger partial charge >= 0.3 is 5.97 Å². The number of pyridine rings is 1. The van der Waals surface area contributed by atoms with Crippen LogP contribution in [0.15, 0.2) is 73.1 Å². The van der Waals surface area contributed by atoms with Gasteiger partial charge in [-0.2, -0.15) is 0 Å². The van der Waals surface area contributed by atoms with Gasteiger partial charge in [-0.25, -0.2) is 4.79 Å². The Balaban J connectivity index is 1.51. The van der Waals surface area contributed by atoms with Crippen LogP contribution >= 0.6 is 0 Å². The number of nitrogens with zero attached hydrogens (tertiary/aromatic N) is 2. The van der Waals surface area contributed by atoms with E-state index in [4.69, 9.17) is 4.74 Å². The number of nitrogens with one attached hydrogen (secondary N) is 2. The highest BCUT2D eigenvalue weighted by atomic mass is 16.5. The van der Waals surface area contributed by atoms with Crippen LogP contribution < -0.4 is 15.5 Å². The zero-order chi connectivity index (χ0) is 25.3. The summed E-state index contributed by atoms with van der Waals surface area (Å²) in [6, 6.07) is 18.3. The molecule has 186 valence electrons. The number of carbonyl (C=O) groups is 3. The van der Waals surface area contributed by atoms with Crippen molar-refractivity contribution < 1.29 is 19.1 Å². The molecule has 2 N–H and O–H groups in total. The molecule has 0 radical (unpaired) electrons. The number of rotatable bonds is 9. The van der Waals surface area contributed by atoms with E-state index in [0.29, 0.717) is 17.5 Å². The number of aromatic nitrogens is 1. The zero-order valence-corrected chi connectivity index (χ0v) is 20.2. The smallest absolute Gasteiger partial charge is 0.337 e. The first-order valence-electron chi connectivity index (χ1n) is 12.0. The molecule has 4 rings (SSSR count). The molecular weight excluding hydrogens is 456 g/mol. The van der Waals surface area contributed by atoms with Crippen LogP contribution in [0, 0.1) is 0 Å². The topological polar surface area (TPSA) is 101 Å². The number of hydrogen-bond acceptors (Lipinski definition) is 7. The Hall–Kier alpha value is -4.04. The predicted molar refractivity (Wildman–Crippen MR) is 137 cm³/mol. The maximum absolute atomic E-state index is 13.3. The second-order valence-electron chi connectivity index (χ2n) is 8.74. The number of hydrogen-bond donors (Lipinski definition) is 2. The first-order chi connectivity index (χ1) is 17.6. The number of amides is 1. The first kappa shape index (κ1) is 25.1. The van der Waals surface area contributed by atoms with Crippen molar-refractivity contribution >= 4 is 23.9 Å². The molecule has 1 amide bonds. The van der Waals surface area contributed by atoms with Crippen molar-refractivity contribution in [1.82, 2.24) is 15.6 Å². The van der Waals surface area contributed by atoms with Gasteiger partial charge in [-0.05, 0) is 42.2 Å². The van der Waals surface area contributed by atoms with Crippen molar-refractivity contribution in [1.29, 1.82) is 0 Å². The average Bonchev–Trinajstić information content (AvgIpc) is 2.93. The van der Waals surface area contributed by atoms with Gasteiger partial charge in [0.25, 0.3) is 5.91 Å². The van der Waals surface area contributed by atoms with Gasteiger partial charge in [0.1, 0.15) is 6.29 Å². The van der Waals surface area contributed by atoms with E-state index in [1.165, 1.54) is 7.11 Å². The Labute approximate surface area is 210 Å². The summed E-state index contributed by atoms with van der Waals surface area (Å²) >= 11 is 0. The van der Waals surface area contributed by atoms with Gasteiger partial charge in [0.15, 0.2) is 0 Å². The third kappa shape index (κ3) is 6.14. The summed E-state index contributed by atoms with van der Waals surface area (Å²) in [7, 11) is 1.36. The molecule has 0 saturated carbocycles. The van der Waals surface area contributed by atoms with Crippen molar-refractivity contribution in [2.45, 2.75) is 24.9 Å². The number of carbonyl (C=O) groups excluding carboxylic acids is 3. The zero-order valence-electron chi connectivity index (χ0n) is 20.2. The molecule has 2 aromatic carbocycles. The highest BCUT2D eigenvalue weighted by Gasteiger charge is 2.27. The summed E-state index contributed by atoms with van der Waals surface area (Å²) in [6.07, 6.45) is 5.15. The Morgan fingerprint density at radius 1 is 1.14 bits per heavy atom. The molecule has 2 atom stereocenters. The normalized spacial score (nSPS) is 16.1. The van der Waals surface area contributed by atoms with E-state index in [9.17, 15) is 14.4 Å². The quantitative estimate of drug-likeness (QED) is 0.354. The van der Waals surface area contributed by atoms with Crippen LogP contribution in [-0.2, 0) is 22.4 Å². The van der Waals surface area contributed by atoms with Gasteiger partial charge in [-0.3, -0.25) is 9.78 Å². The minimum absolute atomic E-state index is 0.0860. The number of piperazine rings is 1. The fourth-order valence-electron chi connectivity index (χ4n) is 4.49. The van der Waals surface area contributed by atoms with Gasteiger partial charge in [-0.15, -0.1) is 0 Å². The minimum atomic E-state index is -0.639. The van der Waals surface area contributed by atoms with E-state index in [1.807, 2.05) is 48.5 Å². The Bertz CT molecular complexity index is 1180. The van der Waals surface area contributed by atoms with Gasteiger partial charge in [0.05, 0.1) is 30.0 Å². The highest BCUT2D eigenvalue weighted by molar-refractivity contribution is 6.00. The Kier molecular flexibility index (Phi) is 8.41. The molecular formula is C28H30N4O4. The first-order valence-corrected chi connectivity index (χ1v) is 12.0. The number of benzene rings is 2. The van der Waals surface area contributed by atoms with E-state index < -0.39 is 6.04 Å². The number of esters is 1. The standard InChI is InChI=1S/C28H30N4O4/c1-36-28(35)22-9-7-21(8-10-22)16-24-17-30-13-14-32(24)26-11-12-29-18-25(26)27(34)31-23(19-33)15-20-5-3-2-4-6-20/h2-12,18-19,23-24,30H,13-17H2,1H3,(H,31,34). The van der Waals surface area contributed by atoms with E-state index in [-0.39, 0.29) is 17.9 Å². The summed E-state index contributed by atoms with van der Waals surface area (Å²) < 4.78 is 4.78. The van der Waals surface area contributed by atoms with Crippen molar-refractivity contribution in [2.75, 3.05) is 31.6 Å². The lowest BCUT2D eigenvalue weighted by Gasteiger charge is -2.39. The molecule has 8 nitrogen and oxygen atoms in total. The lowest BCUT2D eigenvalue weighted by atomic mass is 10.00. The Morgan fingerprint density at radius 3 is 2.64 bits per heavy atom. The summed E-state index contributed by atoms with van der Waals surface area (Å²) in [5, 5.41) is 6.30. The van der Waals surface area contributed by atoms with Crippen molar-refractivity contribution in [3.8, 4) is 0 Å². The van der Waals surface area contributed by atoms with Crippen molar-refractivity contribution in [2.24, 2.45) is 0 Å². The molecule has 1 aromatic heterocycles. The third-order valence-corrected chi connectivity index (χ3v) is 6.33. The van der Waals surface area contributed by atoms with Crippen LogP contribution in [0.4, 0.5) is 5.69 Å². The molecule has 0 aliphatic carbocycles. The maximum atomic E-state index is 13.3. The average molecular weight is 487 g/mol. The molecule has 36 heavy (non-hydrogen) atoms. The molecule has 3 aromatic rings. The van der Waals surface area contributed by atoms with Crippen LogP contribution in [0.1, 0.15) is 31.8 Å². The van der Waals surface area contributed by atoms with Gasteiger partial charge in [-0.1, -0.05) is 42.5 Å². The van der Waals surface area contributed by atoms with Crippen LogP contribution in [0.5, 0.6) is 0 Å². The predicted octanol–water partition coefficient (Wildman–Crippen LogP) is 2.43. The van der Waals surface area contributed by atoms with Crippen LogP contribution in [0.2, 0.25) is 0 Å². The lowest BCUT2D eigenvalue weighted by Crippen LogP contribution is -2.53. The largest absolute Gasteiger partial charge is 0.465 e. The van der Waals surface area contributed by atoms with E-state index in [2.05, 4.69) is 20.5 Å². The number of ether oxygens (including phenoxy) is 1. The summed E-state index contributed by atoms with van der Waals surface area (Å²) in [5.74, 6) is -0.693. The minimum Gasteiger partial charge on any atom is -0.465 e. The lowest BCUT2D eigenvalue weighted by molar-refractivity contribution is -0.109. The number of anilines is 1. The van der Waals surface area contributed by atoms with Gasteiger partial charge in [0.2, 0.25) is 0 Å². The summed E-state index contributed by atoms with van der Waals surface area (Å²) in [5.41, 5.74) is 3.77. The molecule has 2 heterocycles. The van der Waals surface area contributed by atoms with E-state index >= 15 is 0 Å². The SMILES string of the molecule is COC(=O)c1ccc(CC2CNCCN2c2ccncc2C(=O)NC(C=O)Cc2ccccc2)cc1. The summed E-state index contributed by atoms with van der Waals surface area (Å²) in [4.78, 5) is 43.1. The van der Waals surface area contributed by atoms with Crippen LogP contribution in [0.25, 0.3) is 0 Å². The fraction of sp³-hybridized carbons (Fsp3) is 0.286. The maximum Gasteiger partial charge on any atom is 0.337 e. The second kappa shape index (κ2) is 12.1. The second-order valence-corrected chi connectivity index (χ2v) is 8.74. The van der Waals surface area contributed by atoms with Crippen LogP contribution in [-0.4, -0.2) is 62.0 Å². The molecule has 1 aliphatic heterocycles. The molecule has 1 saturated heterocycles. The number of methoxy groups -OCH3 is 1. The van der Waals surface area contributed by atoms with Crippen molar-refractivity contribution in [3.63, 3.8) is 0 Å². The van der Waals surface area contributed by atoms with Crippen molar-refractivity contribution in [3.05, 3.63) is 95.3 Å². The summed E-state index contributed by atoms with van der Waals surface area (Å²) in [6.45, 7) is 2.25. The molecule has 1 fully saturated rings. The number of aldehydes is 1. The van der Waals surface area contributed by atoms with E-state index in [0.717, 1.165) is 49.2 Å². The highest BCUT2D eigenvalue weighted by Crippen LogP contribution is 2.25. The van der Waals surface area contributed by atoms with Gasteiger partial charge in [0, 0.05) is 38.1 Å². The molecule has 0 spiro atoms. The Morgan fingerprint density at radius 2 is 1.92 bits per heavy atom.